The molecule has 2 N–H and O–H groups in total. The van der Waals surface area contributed by atoms with E-state index in [9.17, 15) is 13.2 Å². The third-order valence-corrected chi connectivity index (χ3v) is 7.13. The van der Waals surface area contributed by atoms with E-state index >= 15 is 0 Å². The summed E-state index contributed by atoms with van der Waals surface area (Å²) in [5.74, 6) is 1.08. The number of thioether (sulfide) groups is 1. The highest BCUT2D eigenvalue weighted by Crippen LogP contribution is 2.26. The molecule has 3 aromatic rings. The third kappa shape index (κ3) is 7.90. The Hall–Kier alpha value is -2.47. The molecule has 0 atom stereocenters. The number of ketones is 1. The third-order valence-electron chi connectivity index (χ3n) is 4.39. The lowest BCUT2D eigenvalue weighted by Gasteiger charge is -2.04. The van der Waals surface area contributed by atoms with Crippen LogP contribution in [0.15, 0.2) is 52.9 Å². The van der Waals surface area contributed by atoms with E-state index in [0.29, 0.717) is 30.2 Å². The predicted octanol–water partition coefficient (Wildman–Crippen LogP) is 3.23. The van der Waals surface area contributed by atoms with Crippen LogP contribution < -0.4 is 14.8 Å². The van der Waals surface area contributed by atoms with Crippen molar-refractivity contribution in [2.75, 3.05) is 31.0 Å². The maximum absolute atomic E-state index is 12.5. The first-order valence-corrected chi connectivity index (χ1v) is 13.4. The Labute approximate surface area is 195 Å². The Kier molecular flexibility index (Phi) is 8.62. The highest BCUT2D eigenvalue weighted by molar-refractivity contribution is 8.01. The Bertz CT molecular complexity index is 1130. The summed E-state index contributed by atoms with van der Waals surface area (Å²) in [7, 11) is -1.56. The second kappa shape index (κ2) is 11.4. The first-order valence-electron chi connectivity index (χ1n) is 9.72. The zero-order valence-corrected chi connectivity index (χ0v) is 20.1. The summed E-state index contributed by atoms with van der Waals surface area (Å²) in [5, 5.41) is 12.2. The van der Waals surface area contributed by atoms with Gasteiger partial charge in [-0.2, -0.15) is 0 Å². The zero-order chi connectivity index (χ0) is 23.0. The Balaban J connectivity index is 1.44. The van der Waals surface area contributed by atoms with Gasteiger partial charge in [-0.15, -0.1) is 10.2 Å². The molecular weight excluding hydrogens is 468 g/mol. The number of methoxy groups -OCH3 is 1. The number of Topliss-reactive ketones (excluding diaryl/α,β-unsaturated/α-hetero) is 1. The fraction of sp³-hybridized carbons (Fsp3) is 0.286. The van der Waals surface area contributed by atoms with Crippen LogP contribution >= 0.6 is 23.1 Å². The smallest absolute Gasteiger partial charge is 0.208 e. The van der Waals surface area contributed by atoms with E-state index < -0.39 is 10.0 Å². The standard InChI is InChI=1S/C21H24N4O4S3/c1-29-18-9-5-16(6-10-18)13-22-20-24-25-21(31-20)30-14-19(26)17-7-3-15(4-8-17)11-12-23-32(2,27)28/h3-10,23H,11-14H2,1-2H3,(H,22,24). The second-order valence-corrected chi connectivity index (χ2v) is 10.9. The fourth-order valence-corrected chi connectivity index (χ4v) is 4.82. The van der Waals surface area contributed by atoms with Gasteiger partial charge in [0.1, 0.15) is 5.75 Å². The minimum Gasteiger partial charge on any atom is -0.497 e. The van der Waals surface area contributed by atoms with Crippen LogP contribution in [0.3, 0.4) is 0 Å². The molecule has 3 rings (SSSR count). The van der Waals surface area contributed by atoms with E-state index in [1.807, 2.05) is 36.4 Å². The lowest BCUT2D eigenvalue weighted by Crippen LogP contribution is -2.24. The molecule has 170 valence electrons. The van der Waals surface area contributed by atoms with Crippen LogP contribution in [0.2, 0.25) is 0 Å². The SMILES string of the molecule is COc1ccc(CNc2nnc(SCC(=O)c3ccc(CCNS(C)(=O)=O)cc3)s2)cc1. The fourth-order valence-electron chi connectivity index (χ4n) is 2.71. The average molecular weight is 493 g/mol. The second-order valence-electron chi connectivity index (χ2n) is 6.90. The summed E-state index contributed by atoms with van der Waals surface area (Å²) >= 11 is 2.76. The molecule has 1 aromatic heterocycles. The van der Waals surface area contributed by atoms with Gasteiger partial charge in [0.15, 0.2) is 10.1 Å². The van der Waals surface area contributed by atoms with Gasteiger partial charge < -0.3 is 10.1 Å². The van der Waals surface area contributed by atoms with Gasteiger partial charge in [-0.3, -0.25) is 4.79 Å². The van der Waals surface area contributed by atoms with Crippen molar-refractivity contribution in [2.24, 2.45) is 0 Å². The van der Waals surface area contributed by atoms with Crippen molar-refractivity contribution in [3.8, 4) is 5.75 Å². The van der Waals surface area contributed by atoms with E-state index in [2.05, 4.69) is 20.2 Å². The lowest BCUT2D eigenvalue weighted by molar-refractivity contribution is 0.102. The molecule has 0 spiro atoms. The van der Waals surface area contributed by atoms with Crippen molar-refractivity contribution in [1.29, 1.82) is 0 Å². The van der Waals surface area contributed by atoms with Crippen molar-refractivity contribution in [1.82, 2.24) is 14.9 Å². The number of rotatable bonds is 12. The molecule has 0 aliphatic carbocycles. The summed E-state index contributed by atoms with van der Waals surface area (Å²) in [6.45, 7) is 0.947. The van der Waals surface area contributed by atoms with Gasteiger partial charge >= 0.3 is 0 Å². The summed E-state index contributed by atoms with van der Waals surface area (Å²) < 4.78 is 30.5. The van der Waals surface area contributed by atoms with Crippen LogP contribution in [0.25, 0.3) is 0 Å². The number of ether oxygens (including phenoxy) is 1. The maximum atomic E-state index is 12.5. The maximum Gasteiger partial charge on any atom is 0.208 e. The molecule has 1 heterocycles. The molecule has 0 aliphatic heterocycles. The normalized spacial score (nSPS) is 11.3. The van der Waals surface area contributed by atoms with Crippen molar-refractivity contribution >= 4 is 44.0 Å². The number of benzene rings is 2. The molecule has 32 heavy (non-hydrogen) atoms. The molecule has 11 heteroatoms. The number of nitrogens with one attached hydrogen (secondary N) is 2. The minimum atomic E-state index is -3.19. The number of carbonyl (C=O) groups is 1. The summed E-state index contributed by atoms with van der Waals surface area (Å²) in [6, 6.07) is 15.0. The van der Waals surface area contributed by atoms with Gasteiger partial charge in [0.05, 0.1) is 19.1 Å². The number of aromatic nitrogens is 2. The molecule has 0 saturated heterocycles. The first kappa shape index (κ1) is 24.2. The number of anilines is 1. The summed E-state index contributed by atoms with van der Waals surface area (Å²) in [4.78, 5) is 12.5. The molecule has 0 aliphatic rings. The predicted molar refractivity (Wildman–Crippen MR) is 128 cm³/mol. The molecule has 0 bridgehead atoms. The average Bonchev–Trinajstić information content (AvgIpc) is 3.24. The van der Waals surface area contributed by atoms with Crippen LogP contribution in [0.1, 0.15) is 21.5 Å². The van der Waals surface area contributed by atoms with Crippen LogP contribution in [-0.2, 0) is 23.0 Å². The Morgan fingerprint density at radius 3 is 2.41 bits per heavy atom. The number of hydrogen-bond acceptors (Lipinski definition) is 9. The van der Waals surface area contributed by atoms with Crippen molar-refractivity contribution in [2.45, 2.75) is 17.3 Å². The van der Waals surface area contributed by atoms with Gasteiger partial charge in [0, 0.05) is 18.7 Å². The topological polar surface area (TPSA) is 110 Å². The Morgan fingerprint density at radius 2 is 1.75 bits per heavy atom. The van der Waals surface area contributed by atoms with E-state index in [1.165, 1.54) is 23.1 Å². The van der Waals surface area contributed by atoms with Crippen LogP contribution in [0, 0.1) is 0 Å². The highest BCUT2D eigenvalue weighted by Gasteiger charge is 2.11. The molecule has 0 radical (unpaired) electrons. The van der Waals surface area contributed by atoms with Crippen LogP contribution in [0.5, 0.6) is 5.75 Å². The van der Waals surface area contributed by atoms with E-state index in [0.717, 1.165) is 27.5 Å². The quantitative estimate of drug-likeness (QED) is 0.293. The molecule has 0 fully saturated rings. The molecule has 8 nitrogen and oxygen atoms in total. The first-order chi connectivity index (χ1) is 15.3. The molecular formula is C21H24N4O4S3. The minimum absolute atomic E-state index is 0.00115. The van der Waals surface area contributed by atoms with Gasteiger partial charge in [-0.25, -0.2) is 13.1 Å². The van der Waals surface area contributed by atoms with Crippen LogP contribution in [0.4, 0.5) is 5.13 Å². The number of nitrogens with zero attached hydrogens (tertiary/aromatic N) is 2. The largest absolute Gasteiger partial charge is 0.497 e. The number of sulfonamides is 1. The van der Waals surface area contributed by atoms with Crippen molar-refractivity contribution < 1.29 is 17.9 Å². The number of hydrogen-bond donors (Lipinski definition) is 2. The molecule has 2 aromatic carbocycles. The van der Waals surface area contributed by atoms with Crippen LogP contribution in [-0.4, -0.2) is 50.1 Å². The van der Waals surface area contributed by atoms with Gasteiger partial charge in [0.2, 0.25) is 15.2 Å². The van der Waals surface area contributed by atoms with Gasteiger partial charge in [-0.1, -0.05) is 59.5 Å². The zero-order valence-electron chi connectivity index (χ0n) is 17.7. The lowest BCUT2D eigenvalue weighted by atomic mass is 10.1. The molecule has 0 unspecified atom stereocenters. The highest BCUT2D eigenvalue weighted by atomic mass is 32.2. The summed E-state index contributed by atoms with van der Waals surface area (Å²) in [5.41, 5.74) is 2.67. The van der Waals surface area contributed by atoms with Gasteiger partial charge in [0.25, 0.3) is 0 Å². The van der Waals surface area contributed by atoms with Crippen molar-refractivity contribution in [3.63, 3.8) is 0 Å². The van der Waals surface area contributed by atoms with E-state index in [4.69, 9.17) is 4.74 Å². The number of carbonyl (C=O) groups excluding carboxylic acids is 1. The monoisotopic (exact) mass is 492 g/mol. The summed E-state index contributed by atoms with van der Waals surface area (Å²) in [6.07, 6.45) is 1.69. The molecule has 0 amide bonds. The van der Waals surface area contributed by atoms with E-state index in [-0.39, 0.29) is 11.5 Å². The molecule has 0 saturated carbocycles. The van der Waals surface area contributed by atoms with Crippen molar-refractivity contribution in [3.05, 3.63) is 65.2 Å². The Morgan fingerprint density at radius 1 is 1.06 bits per heavy atom. The van der Waals surface area contributed by atoms with Gasteiger partial charge in [-0.05, 0) is 29.7 Å². The van der Waals surface area contributed by atoms with E-state index in [1.54, 1.807) is 19.2 Å².